The molecule has 1 heterocycles. The molecule has 0 saturated heterocycles. The van der Waals surface area contributed by atoms with Crippen LogP contribution in [0.4, 0.5) is 0 Å². The minimum atomic E-state index is -0.137. The highest BCUT2D eigenvalue weighted by Crippen LogP contribution is 2.20. The number of carbonyl (C=O) groups is 1. The van der Waals surface area contributed by atoms with Crippen LogP contribution in [0.3, 0.4) is 0 Å². The number of benzene rings is 1. The SMILES string of the molecule is CCn1ccnc1C(=O)c1ccc(C)cc1Cl. The summed E-state index contributed by atoms with van der Waals surface area (Å²) in [7, 11) is 0. The van der Waals surface area contributed by atoms with Crippen molar-refractivity contribution in [3.8, 4) is 0 Å². The summed E-state index contributed by atoms with van der Waals surface area (Å²) in [5.74, 6) is 0.292. The summed E-state index contributed by atoms with van der Waals surface area (Å²) in [4.78, 5) is 16.3. The Morgan fingerprint density at radius 2 is 2.24 bits per heavy atom. The highest BCUT2D eigenvalue weighted by molar-refractivity contribution is 6.34. The van der Waals surface area contributed by atoms with Crippen LogP contribution in [0, 0.1) is 6.92 Å². The Kier molecular flexibility index (Phi) is 3.29. The molecule has 0 aliphatic rings. The summed E-state index contributed by atoms with van der Waals surface area (Å²) < 4.78 is 1.80. The molecule has 88 valence electrons. The van der Waals surface area contributed by atoms with Gasteiger partial charge in [0.25, 0.3) is 0 Å². The smallest absolute Gasteiger partial charge is 0.229 e. The van der Waals surface area contributed by atoms with Crippen molar-refractivity contribution in [1.82, 2.24) is 9.55 Å². The van der Waals surface area contributed by atoms with E-state index in [9.17, 15) is 4.79 Å². The van der Waals surface area contributed by atoms with E-state index in [-0.39, 0.29) is 5.78 Å². The van der Waals surface area contributed by atoms with E-state index in [1.807, 2.05) is 19.9 Å². The molecule has 3 nitrogen and oxygen atoms in total. The van der Waals surface area contributed by atoms with Crippen LogP contribution in [0.5, 0.6) is 0 Å². The van der Waals surface area contributed by atoms with Gasteiger partial charge in [-0.2, -0.15) is 0 Å². The number of aromatic nitrogens is 2. The van der Waals surface area contributed by atoms with Crippen LogP contribution in [0.25, 0.3) is 0 Å². The normalized spacial score (nSPS) is 10.5. The Hall–Kier alpha value is -1.61. The molecule has 2 aromatic rings. The minimum absolute atomic E-state index is 0.137. The van der Waals surface area contributed by atoms with Crippen LogP contribution in [0.1, 0.15) is 28.7 Å². The topological polar surface area (TPSA) is 34.9 Å². The summed E-state index contributed by atoms with van der Waals surface area (Å²) in [5.41, 5.74) is 1.53. The van der Waals surface area contributed by atoms with Crippen molar-refractivity contribution in [2.24, 2.45) is 0 Å². The fraction of sp³-hybridized carbons (Fsp3) is 0.231. The molecule has 1 aromatic heterocycles. The monoisotopic (exact) mass is 248 g/mol. The lowest BCUT2D eigenvalue weighted by molar-refractivity contribution is 0.102. The van der Waals surface area contributed by atoms with E-state index in [0.29, 0.717) is 23.0 Å². The van der Waals surface area contributed by atoms with Gasteiger partial charge in [0, 0.05) is 24.5 Å². The predicted octanol–water partition coefficient (Wildman–Crippen LogP) is 3.10. The van der Waals surface area contributed by atoms with Crippen molar-refractivity contribution >= 4 is 17.4 Å². The van der Waals surface area contributed by atoms with E-state index in [1.54, 1.807) is 29.1 Å². The first kappa shape index (κ1) is 11.9. The number of ketones is 1. The van der Waals surface area contributed by atoms with Crippen LogP contribution in [-0.2, 0) is 6.54 Å². The Labute approximate surface area is 105 Å². The maximum Gasteiger partial charge on any atom is 0.229 e. The molecule has 0 aliphatic carbocycles. The molecule has 0 radical (unpaired) electrons. The molecule has 0 N–H and O–H groups in total. The van der Waals surface area contributed by atoms with Crippen LogP contribution in [-0.4, -0.2) is 15.3 Å². The lowest BCUT2D eigenvalue weighted by Crippen LogP contribution is -2.11. The average molecular weight is 249 g/mol. The second-order valence-corrected chi connectivity index (χ2v) is 4.26. The van der Waals surface area contributed by atoms with Crippen molar-refractivity contribution in [1.29, 1.82) is 0 Å². The van der Waals surface area contributed by atoms with Gasteiger partial charge < -0.3 is 4.57 Å². The fourth-order valence-electron chi connectivity index (χ4n) is 1.70. The molecular weight excluding hydrogens is 236 g/mol. The highest BCUT2D eigenvalue weighted by atomic mass is 35.5. The second-order valence-electron chi connectivity index (χ2n) is 3.85. The van der Waals surface area contributed by atoms with Gasteiger partial charge in [0.15, 0.2) is 5.82 Å². The van der Waals surface area contributed by atoms with Gasteiger partial charge in [-0.3, -0.25) is 4.79 Å². The molecule has 0 fully saturated rings. The van der Waals surface area contributed by atoms with Crippen LogP contribution in [0.15, 0.2) is 30.6 Å². The maximum atomic E-state index is 12.3. The molecule has 4 heteroatoms. The van der Waals surface area contributed by atoms with Gasteiger partial charge in [-0.15, -0.1) is 0 Å². The van der Waals surface area contributed by atoms with Crippen molar-refractivity contribution < 1.29 is 4.79 Å². The van der Waals surface area contributed by atoms with E-state index in [4.69, 9.17) is 11.6 Å². The van der Waals surface area contributed by atoms with Crippen LogP contribution in [0.2, 0.25) is 5.02 Å². The number of nitrogens with zero attached hydrogens (tertiary/aromatic N) is 2. The number of imidazole rings is 1. The molecule has 17 heavy (non-hydrogen) atoms. The van der Waals surface area contributed by atoms with Gasteiger partial charge in [-0.05, 0) is 31.5 Å². The highest BCUT2D eigenvalue weighted by Gasteiger charge is 2.17. The molecule has 0 unspecified atom stereocenters. The molecule has 1 aromatic carbocycles. The molecule has 0 spiro atoms. The summed E-state index contributed by atoms with van der Waals surface area (Å²) in [5, 5.41) is 0.473. The zero-order valence-electron chi connectivity index (χ0n) is 9.77. The summed E-state index contributed by atoms with van der Waals surface area (Å²) >= 11 is 6.08. The third-order valence-corrected chi connectivity index (χ3v) is 2.94. The zero-order valence-corrected chi connectivity index (χ0v) is 10.5. The fourth-order valence-corrected chi connectivity index (χ4v) is 2.02. The number of halogens is 1. The largest absolute Gasteiger partial charge is 0.328 e. The number of hydrogen-bond acceptors (Lipinski definition) is 2. The Morgan fingerprint density at radius 3 is 2.88 bits per heavy atom. The van der Waals surface area contributed by atoms with E-state index in [2.05, 4.69) is 4.98 Å². The molecule has 0 atom stereocenters. The van der Waals surface area contributed by atoms with Gasteiger partial charge in [0.2, 0.25) is 5.78 Å². The Morgan fingerprint density at radius 1 is 1.47 bits per heavy atom. The Balaban J connectivity index is 2.44. The van der Waals surface area contributed by atoms with Crippen LogP contribution < -0.4 is 0 Å². The van der Waals surface area contributed by atoms with Gasteiger partial charge in [0.05, 0.1) is 5.02 Å². The third kappa shape index (κ3) is 2.24. The van der Waals surface area contributed by atoms with E-state index in [0.717, 1.165) is 5.56 Å². The quantitative estimate of drug-likeness (QED) is 0.783. The summed E-state index contributed by atoms with van der Waals surface area (Å²) in [6.07, 6.45) is 3.41. The molecular formula is C13H13ClN2O. The molecule has 0 aliphatic heterocycles. The maximum absolute atomic E-state index is 12.3. The number of carbonyl (C=O) groups excluding carboxylic acids is 1. The number of hydrogen-bond donors (Lipinski definition) is 0. The predicted molar refractivity (Wildman–Crippen MR) is 67.5 cm³/mol. The van der Waals surface area contributed by atoms with Gasteiger partial charge in [-0.25, -0.2) is 4.98 Å². The van der Waals surface area contributed by atoms with Crippen LogP contribution >= 0.6 is 11.6 Å². The first-order valence-electron chi connectivity index (χ1n) is 5.45. The third-order valence-electron chi connectivity index (χ3n) is 2.63. The molecule has 0 saturated carbocycles. The van der Waals surface area contributed by atoms with Gasteiger partial charge >= 0.3 is 0 Å². The summed E-state index contributed by atoms with van der Waals surface area (Å²) in [6.45, 7) is 4.62. The average Bonchev–Trinajstić information content (AvgIpc) is 2.76. The zero-order chi connectivity index (χ0) is 12.4. The van der Waals surface area contributed by atoms with E-state index < -0.39 is 0 Å². The van der Waals surface area contributed by atoms with E-state index in [1.165, 1.54) is 0 Å². The van der Waals surface area contributed by atoms with Crippen molar-refractivity contribution in [3.05, 3.63) is 52.6 Å². The first-order chi connectivity index (χ1) is 8.13. The first-order valence-corrected chi connectivity index (χ1v) is 5.83. The summed E-state index contributed by atoms with van der Waals surface area (Å²) in [6, 6.07) is 5.40. The lowest BCUT2D eigenvalue weighted by atomic mass is 10.1. The molecule has 0 amide bonds. The van der Waals surface area contributed by atoms with Crippen molar-refractivity contribution in [2.45, 2.75) is 20.4 Å². The molecule has 0 bridgehead atoms. The number of rotatable bonds is 3. The Bertz CT molecular complexity index is 560. The van der Waals surface area contributed by atoms with E-state index >= 15 is 0 Å². The van der Waals surface area contributed by atoms with Gasteiger partial charge in [-0.1, -0.05) is 17.7 Å². The standard InChI is InChI=1S/C13H13ClN2O/c1-3-16-7-6-15-13(16)12(17)10-5-4-9(2)8-11(10)14/h4-8H,3H2,1-2H3. The number of aryl methyl sites for hydroxylation is 2. The van der Waals surface area contributed by atoms with Crippen molar-refractivity contribution in [2.75, 3.05) is 0 Å². The minimum Gasteiger partial charge on any atom is -0.328 e. The molecule has 2 rings (SSSR count). The second kappa shape index (κ2) is 4.72. The van der Waals surface area contributed by atoms with Crippen molar-refractivity contribution in [3.63, 3.8) is 0 Å². The lowest BCUT2D eigenvalue weighted by Gasteiger charge is -2.06. The van der Waals surface area contributed by atoms with Gasteiger partial charge in [0.1, 0.15) is 0 Å².